The Morgan fingerprint density at radius 3 is 2.36 bits per heavy atom. The van der Waals surface area contributed by atoms with Crippen molar-refractivity contribution in [3.05, 3.63) is 11.6 Å². The lowest BCUT2D eigenvalue weighted by atomic mass is 9.91. The van der Waals surface area contributed by atoms with Crippen molar-refractivity contribution in [2.24, 2.45) is 17.8 Å². The molecule has 0 aromatic rings. The van der Waals surface area contributed by atoms with Crippen LogP contribution in [0.2, 0.25) is 0 Å². The molecule has 1 fully saturated rings. The van der Waals surface area contributed by atoms with E-state index in [1.165, 1.54) is 32.1 Å². The van der Waals surface area contributed by atoms with Gasteiger partial charge in [-0.05, 0) is 50.4 Å². The third-order valence-electron chi connectivity index (χ3n) is 3.86. The maximum Gasteiger partial charge on any atom is -0.0211 e. The van der Waals surface area contributed by atoms with Crippen molar-refractivity contribution in [1.29, 1.82) is 0 Å². The van der Waals surface area contributed by atoms with Crippen LogP contribution in [-0.2, 0) is 0 Å². The van der Waals surface area contributed by atoms with Crippen LogP contribution in [0.5, 0.6) is 0 Å². The summed E-state index contributed by atoms with van der Waals surface area (Å²) in [4.78, 5) is 0. The lowest BCUT2D eigenvalue weighted by Crippen LogP contribution is -2.01. The molecule has 0 amide bonds. The number of rotatable bonds is 4. The van der Waals surface area contributed by atoms with Gasteiger partial charge in [-0.25, -0.2) is 0 Å². The number of hydrogen-bond acceptors (Lipinski definition) is 0. The van der Waals surface area contributed by atoms with Crippen LogP contribution in [-0.4, -0.2) is 0 Å². The largest absolute Gasteiger partial charge is 0.0822 e. The van der Waals surface area contributed by atoms with Crippen LogP contribution in [0.15, 0.2) is 11.6 Å². The Hall–Kier alpha value is -0.260. The summed E-state index contributed by atoms with van der Waals surface area (Å²) >= 11 is 0. The molecule has 0 aromatic carbocycles. The number of hydrogen-bond donors (Lipinski definition) is 0. The van der Waals surface area contributed by atoms with E-state index < -0.39 is 0 Å². The molecule has 1 saturated carbocycles. The summed E-state index contributed by atoms with van der Waals surface area (Å²) in [5.74, 6) is 2.70. The molecule has 14 heavy (non-hydrogen) atoms. The highest BCUT2D eigenvalue weighted by Gasteiger charge is 2.20. The summed E-state index contributed by atoms with van der Waals surface area (Å²) in [5.41, 5.74) is 1.65. The fourth-order valence-corrected chi connectivity index (χ4v) is 2.84. The minimum atomic E-state index is 0.839. The van der Waals surface area contributed by atoms with Gasteiger partial charge in [-0.2, -0.15) is 0 Å². The number of allylic oxidation sites excluding steroid dienone is 2. The van der Waals surface area contributed by atoms with Crippen LogP contribution in [0.25, 0.3) is 0 Å². The zero-order valence-corrected chi connectivity index (χ0v) is 10.3. The quantitative estimate of drug-likeness (QED) is 0.564. The standard InChI is InChI=1S/C14H26/c1-5-14(6-2)12(4)10-13-8-7-11(3)9-13/h10-11,13-14H,5-9H2,1-4H3. The van der Waals surface area contributed by atoms with Gasteiger partial charge in [0.15, 0.2) is 0 Å². The monoisotopic (exact) mass is 194 g/mol. The predicted octanol–water partition coefficient (Wildman–Crippen LogP) is 4.81. The summed E-state index contributed by atoms with van der Waals surface area (Å²) in [6.45, 7) is 9.34. The molecule has 0 radical (unpaired) electrons. The first kappa shape index (κ1) is 11.8. The first-order chi connectivity index (χ1) is 6.67. The Balaban J connectivity index is 2.49. The smallest absolute Gasteiger partial charge is 0.0211 e. The van der Waals surface area contributed by atoms with E-state index in [4.69, 9.17) is 0 Å². The molecule has 0 heterocycles. The van der Waals surface area contributed by atoms with Crippen LogP contribution >= 0.6 is 0 Å². The SMILES string of the molecule is CCC(CC)C(C)=CC1CCC(C)C1. The highest BCUT2D eigenvalue weighted by atomic mass is 14.3. The molecule has 2 unspecified atom stereocenters. The van der Waals surface area contributed by atoms with Gasteiger partial charge in [-0.1, -0.05) is 38.8 Å². The van der Waals surface area contributed by atoms with Crippen molar-refractivity contribution >= 4 is 0 Å². The van der Waals surface area contributed by atoms with E-state index in [1.807, 2.05) is 0 Å². The Morgan fingerprint density at radius 1 is 1.29 bits per heavy atom. The van der Waals surface area contributed by atoms with Crippen LogP contribution in [0, 0.1) is 17.8 Å². The first-order valence-electron chi connectivity index (χ1n) is 6.35. The Bertz CT molecular complexity index is 186. The van der Waals surface area contributed by atoms with E-state index in [2.05, 4.69) is 33.8 Å². The second kappa shape index (κ2) is 5.58. The zero-order chi connectivity index (χ0) is 10.6. The lowest BCUT2D eigenvalue weighted by molar-refractivity contribution is 0.549. The molecule has 0 aromatic heterocycles. The van der Waals surface area contributed by atoms with Crippen molar-refractivity contribution in [3.63, 3.8) is 0 Å². The van der Waals surface area contributed by atoms with Crippen LogP contribution in [0.3, 0.4) is 0 Å². The molecule has 0 heteroatoms. The predicted molar refractivity (Wildman–Crippen MR) is 64.3 cm³/mol. The maximum absolute atomic E-state index is 2.57. The third kappa shape index (κ3) is 3.15. The average Bonchev–Trinajstić information content (AvgIpc) is 2.53. The molecule has 0 aliphatic heterocycles. The van der Waals surface area contributed by atoms with Gasteiger partial charge >= 0.3 is 0 Å². The summed E-state index contributed by atoms with van der Waals surface area (Å²) in [6.07, 6.45) is 9.48. The molecule has 1 aliphatic carbocycles. The van der Waals surface area contributed by atoms with E-state index in [-0.39, 0.29) is 0 Å². The minimum absolute atomic E-state index is 0.839. The molecule has 0 nitrogen and oxygen atoms in total. The summed E-state index contributed by atoms with van der Waals surface area (Å²) < 4.78 is 0. The normalized spacial score (nSPS) is 28.8. The van der Waals surface area contributed by atoms with Gasteiger partial charge in [0.05, 0.1) is 0 Å². The molecule has 82 valence electrons. The second-order valence-electron chi connectivity index (χ2n) is 5.10. The van der Waals surface area contributed by atoms with Gasteiger partial charge in [-0.15, -0.1) is 0 Å². The maximum atomic E-state index is 2.57. The first-order valence-corrected chi connectivity index (χ1v) is 6.35. The molecule has 0 bridgehead atoms. The van der Waals surface area contributed by atoms with Gasteiger partial charge in [0.1, 0.15) is 0 Å². The van der Waals surface area contributed by atoms with E-state index in [9.17, 15) is 0 Å². The van der Waals surface area contributed by atoms with Crippen LogP contribution < -0.4 is 0 Å². The fourth-order valence-electron chi connectivity index (χ4n) is 2.84. The Labute approximate surface area is 89.8 Å². The van der Waals surface area contributed by atoms with Crippen molar-refractivity contribution in [2.45, 2.75) is 59.8 Å². The highest BCUT2D eigenvalue weighted by Crippen LogP contribution is 2.33. The zero-order valence-electron chi connectivity index (χ0n) is 10.3. The van der Waals surface area contributed by atoms with Gasteiger partial charge < -0.3 is 0 Å². The summed E-state index contributed by atoms with van der Waals surface area (Å²) in [5, 5.41) is 0. The van der Waals surface area contributed by atoms with Crippen molar-refractivity contribution in [2.75, 3.05) is 0 Å². The molecule has 2 atom stereocenters. The topological polar surface area (TPSA) is 0 Å². The fraction of sp³-hybridized carbons (Fsp3) is 0.857. The molecular weight excluding hydrogens is 168 g/mol. The summed E-state index contributed by atoms with van der Waals surface area (Å²) in [7, 11) is 0. The molecule has 1 aliphatic rings. The lowest BCUT2D eigenvalue weighted by Gasteiger charge is -2.15. The molecule has 0 spiro atoms. The molecule has 0 saturated heterocycles. The van der Waals surface area contributed by atoms with E-state index in [1.54, 1.807) is 5.57 Å². The average molecular weight is 194 g/mol. The Kier molecular flexibility index (Phi) is 4.71. The minimum Gasteiger partial charge on any atom is -0.0822 e. The van der Waals surface area contributed by atoms with Gasteiger partial charge in [0.25, 0.3) is 0 Å². The van der Waals surface area contributed by atoms with Gasteiger partial charge in [0.2, 0.25) is 0 Å². The Morgan fingerprint density at radius 2 is 1.93 bits per heavy atom. The van der Waals surface area contributed by atoms with Gasteiger partial charge in [0, 0.05) is 0 Å². The van der Waals surface area contributed by atoms with Crippen LogP contribution in [0.1, 0.15) is 59.8 Å². The third-order valence-corrected chi connectivity index (χ3v) is 3.86. The summed E-state index contributed by atoms with van der Waals surface area (Å²) in [6, 6.07) is 0. The van der Waals surface area contributed by atoms with Crippen molar-refractivity contribution in [3.8, 4) is 0 Å². The van der Waals surface area contributed by atoms with Gasteiger partial charge in [-0.3, -0.25) is 0 Å². The second-order valence-corrected chi connectivity index (χ2v) is 5.10. The van der Waals surface area contributed by atoms with E-state index in [0.717, 1.165) is 17.8 Å². The highest BCUT2D eigenvalue weighted by molar-refractivity contribution is 5.06. The molecule has 0 N–H and O–H groups in total. The van der Waals surface area contributed by atoms with Crippen molar-refractivity contribution in [1.82, 2.24) is 0 Å². The van der Waals surface area contributed by atoms with E-state index >= 15 is 0 Å². The molecule has 1 rings (SSSR count). The van der Waals surface area contributed by atoms with E-state index in [0.29, 0.717) is 0 Å². The van der Waals surface area contributed by atoms with Crippen molar-refractivity contribution < 1.29 is 0 Å². The molecular formula is C14H26. The van der Waals surface area contributed by atoms with Crippen LogP contribution in [0.4, 0.5) is 0 Å².